The lowest BCUT2D eigenvalue weighted by atomic mass is 10.1. The summed E-state index contributed by atoms with van der Waals surface area (Å²) in [4.78, 5) is 17.2. The highest BCUT2D eigenvalue weighted by molar-refractivity contribution is 9.10. The molecule has 6 nitrogen and oxygen atoms in total. The molecule has 2 aliphatic rings. The smallest absolute Gasteiger partial charge is 0.275 e. The Morgan fingerprint density at radius 3 is 2.61 bits per heavy atom. The van der Waals surface area contributed by atoms with E-state index in [9.17, 15) is 4.79 Å². The average Bonchev–Trinajstić information content (AvgIpc) is 3.14. The third-order valence-electron chi connectivity index (χ3n) is 4.63. The molecule has 0 aromatic carbocycles. The molecule has 2 fully saturated rings. The van der Waals surface area contributed by atoms with Gasteiger partial charge in [0.25, 0.3) is 5.91 Å². The topological polar surface area (TPSA) is 64.3 Å². The summed E-state index contributed by atoms with van der Waals surface area (Å²) in [6, 6.07) is 0.494. The Bertz CT molecular complexity index is 544. The van der Waals surface area contributed by atoms with E-state index in [0.29, 0.717) is 17.7 Å². The summed E-state index contributed by atoms with van der Waals surface area (Å²) >= 11 is 3.53. The van der Waals surface area contributed by atoms with Gasteiger partial charge in [0.15, 0.2) is 5.69 Å². The van der Waals surface area contributed by atoms with Crippen LogP contribution in [0.5, 0.6) is 0 Å². The van der Waals surface area contributed by atoms with Crippen molar-refractivity contribution in [2.24, 2.45) is 0 Å². The third kappa shape index (κ3) is 3.90. The molecule has 2 N–H and O–H groups in total. The SMILES string of the molecule is CC(C)c1[nH]nc(C(=O)N2CCC(N3CCNCC3)C2)c1Br.Cl. The summed E-state index contributed by atoms with van der Waals surface area (Å²) in [7, 11) is 0. The molecular weight excluding hydrogens is 382 g/mol. The predicted octanol–water partition coefficient (Wildman–Crippen LogP) is 1.84. The van der Waals surface area contributed by atoms with E-state index in [4.69, 9.17) is 0 Å². The van der Waals surface area contributed by atoms with E-state index >= 15 is 0 Å². The zero-order valence-corrected chi connectivity index (χ0v) is 16.0. The van der Waals surface area contributed by atoms with Crippen molar-refractivity contribution in [2.75, 3.05) is 39.3 Å². The van der Waals surface area contributed by atoms with E-state index in [1.165, 1.54) is 0 Å². The summed E-state index contributed by atoms with van der Waals surface area (Å²) in [5, 5.41) is 10.6. The third-order valence-corrected chi connectivity index (χ3v) is 5.43. The van der Waals surface area contributed by atoms with Crippen LogP contribution in [0.15, 0.2) is 4.47 Å². The second-order valence-corrected chi connectivity index (χ2v) is 7.23. The molecule has 1 aromatic rings. The molecule has 0 spiro atoms. The van der Waals surface area contributed by atoms with Gasteiger partial charge in [-0.1, -0.05) is 13.8 Å². The van der Waals surface area contributed by atoms with Crippen LogP contribution in [-0.2, 0) is 0 Å². The number of hydrogen-bond donors (Lipinski definition) is 2. The van der Waals surface area contributed by atoms with Gasteiger partial charge in [-0.2, -0.15) is 5.10 Å². The highest BCUT2D eigenvalue weighted by Crippen LogP contribution is 2.27. The van der Waals surface area contributed by atoms with Gasteiger partial charge in [0.2, 0.25) is 0 Å². The number of H-pyrrole nitrogens is 1. The maximum Gasteiger partial charge on any atom is 0.275 e. The zero-order valence-electron chi connectivity index (χ0n) is 13.6. The van der Waals surface area contributed by atoms with Crippen LogP contribution < -0.4 is 5.32 Å². The lowest BCUT2D eigenvalue weighted by molar-refractivity contribution is 0.0767. The van der Waals surface area contributed by atoms with Gasteiger partial charge in [-0.05, 0) is 28.3 Å². The van der Waals surface area contributed by atoms with Crippen LogP contribution in [-0.4, -0.2) is 71.2 Å². The first kappa shape index (κ1) is 18.7. The maximum atomic E-state index is 12.7. The highest BCUT2D eigenvalue weighted by atomic mass is 79.9. The Labute approximate surface area is 151 Å². The fraction of sp³-hybridized carbons (Fsp3) is 0.733. The summed E-state index contributed by atoms with van der Waals surface area (Å²) in [6.07, 6.45) is 1.06. The minimum absolute atomic E-state index is 0. The Balaban J connectivity index is 0.00000192. The molecule has 3 rings (SSSR count). The normalized spacial score (nSPS) is 22.4. The standard InChI is InChI=1S/C15H24BrN5O.ClH/c1-10(2)13-12(16)14(19-18-13)15(22)21-6-3-11(9-21)20-7-4-17-5-8-20;/h10-11,17H,3-9H2,1-2H3,(H,18,19);1H. The quantitative estimate of drug-likeness (QED) is 0.804. The predicted molar refractivity (Wildman–Crippen MR) is 96.4 cm³/mol. The van der Waals surface area contributed by atoms with Crippen LogP contribution in [0.2, 0.25) is 0 Å². The number of carbonyl (C=O) groups is 1. The van der Waals surface area contributed by atoms with Crippen molar-refractivity contribution in [3.63, 3.8) is 0 Å². The van der Waals surface area contributed by atoms with Crippen molar-refractivity contribution in [3.8, 4) is 0 Å². The minimum atomic E-state index is 0. The number of carbonyl (C=O) groups excluding carboxylic acids is 1. The van der Waals surface area contributed by atoms with Gasteiger partial charge in [0.05, 0.1) is 10.2 Å². The van der Waals surface area contributed by atoms with Gasteiger partial charge in [-0.25, -0.2) is 0 Å². The molecule has 0 saturated carbocycles. The van der Waals surface area contributed by atoms with Crippen LogP contribution in [0.25, 0.3) is 0 Å². The number of halogens is 2. The van der Waals surface area contributed by atoms with Gasteiger partial charge in [-0.3, -0.25) is 14.8 Å². The van der Waals surface area contributed by atoms with Crippen LogP contribution in [0.4, 0.5) is 0 Å². The number of nitrogens with one attached hydrogen (secondary N) is 2. The molecule has 1 unspecified atom stereocenters. The lowest BCUT2D eigenvalue weighted by Gasteiger charge is -2.32. The fourth-order valence-corrected chi connectivity index (χ4v) is 4.09. The van der Waals surface area contributed by atoms with E-state index < -0.39 is 0 Å². The highest BCUT2D eigenvalue weighted by Gasteiger charge is 2.33. The second kappa shape index (κ2) is 7.96. The number of rotatable bonds is 3. The maximum absolute atomic E-state index is 12.7. The molecule has 0 aliphatic carbocycles. The van der Waals surface area contributed by atoms with Gasteiger partial charge >= 0.3 is 0 Å². The van der Waals surface area contributed by atoms with Crippen LogP contribution in [0, 0.1) is 0 Å². The zero-order chi connectivity index (χ0) is 15.7. The van der Waals surface area contributed by atoms with Gasteiger partial charge in [0, 0.05) is 45.3 Å². The van der Waals surface area contributed by atoms with Crippen LogP contribution >= 0.6 is 28.3 Å². The number of hydrogen-bond acceptors (Lipinski definition) is 4. The van der Waals surface area contributed by atoms with Gasteiger partial charge in [0.1, 0.15) is 0 Å². The minimum Gasteiger partial charge on any atom is -0.336 e. The number of amides is 1. The van der Waals surface area contributed by atoms with E-state index in [2.05, 4.69) is 50.2 Å². The van der Waals surface area contributed by atoms with Crippen molar-refractivity contribution >= 4 is 34.2 Å². The number of aromatic amines is 1. The molecule has 1 aromatic heterocycles. The molecule has 2 aliphatic heterocycles. The van der Waals surface area contributed by atoms with Crippen molar-refractivity contribution in [3.05, 3.63) is 15.9 Å². The average molecular weight is 407 g/mol. The summed E-state index contributed by atoms with van der Waals surface area (Å²) in [5.74, 6) is 0.350. The molecule has 1 amide bonds. The van der Waals surface area contributed by atoms with Crippen molar-refractivity contribution in [1.82, 2.24) is 25.3 Å². The Hall–Kier alpha value is -0.630. The lowest BCUT2D eigenvalue weighted by Crippen LogP contribution is -2.49. The molecule has 0 bridgehead atoms. The molecule has 23 heavy (non-hydrogen) atoms. The first-order valence-electron chi connectivity index (χ1n) is 8.05. The van der Waals surface area contributed by atoms with Crippen molar-refractivity contribution in [1.29, 1.82) is 0 Å². The molecule has 0 radical (unpaired) electrons. The van der Waals surface area contributed by atoms with Crippen LogP contribution in [0.1, 0.15) is 42.4 Å². The Morgan fingerprint density at radius 2 is 2.00 bits per heavy atom. The van der Waals surface area contributed by atoms with Crippen molar-refractivity contribution in [2.45, 2.75) is 32.2 Å². The number of piperazine rings is 1. The number of aromatic nitrogens is 2. The largest absolute Gasteiger partial charge is 0.336 e. The summed E-state index contributed by atoms with van der Waals surface area (Å²) < 4.78 is 0.818. The van der Waals surface area contributed by atoms with E-state index in [1.54, 1.807) is 0 Å². The first-order chi connectivity index (χ1) is 10.6. The van der Waals surface area contributed by atoms with E-state index in [0.717, 1.165) is 55.9 Å². The molecule has 8 heteroatoms. The monoisotopic (exact) mass is 405 g/mol. The second-order valence-electron chi connectivity index (χ2n) is 6.43. The van der Waals surface area contributed by atoms with Gasteiger partial charge in [-0.15, -0.1) is 12.4 Å². The number of likely N-dealkylation sites (tertiary alicyclic amines) is 1. The van der Waals surface area contributed by atoms with Crippen LogP contribution in [0.3, 0.4) is 0 Å². The summed E-state index contributed by atoms with van der Waals surface area (Å²) in [6.45, 7) is 10.1. The van der Waals surface area contributed by atoms with E-state index in [-0.39, 0.29) is 18.3 Å². The fourth-order valence-electron chi connectivity index (χ4n) is 3.29. The molecule has 130 valence electrons. The van der Waals surface area contributed by atoms with Gasteiger partial charge < -0.3 is 10.2 Å². The number of nitrogens with zero attached hydrogens (tertiary/aromatic N) is 3. The molecular formula is C15H25BrClN5O. The Kier molecular flexibility index (Phi) is 6.48. The molecule has 2 saturated heterocycles. The van der Waals surface area contributed by atoms with E-state index in [1.807, 2.05) is 4.90 Å². The van der Waals surface area contributed by atoms with Crippen molar-refractivity contribution < 1.29 is 4.79 Å². The molecule has 3 heterocycles. The summed E-state index contributed by atoms with van der Waals surface area (Å²) in [5.41, 5.74) is 1.51. The first-order valence-corrected chi connectivity index (χ1v) is 8.85. The molecule has 1 atom stereocenters. The Morgan fingerprint density at radius 1 is 1.30 bits per heavy atom.